The number of aliphatic imine (C=N–C) groups is 1. The third-order valence-electron chi connectivity index (χ3n) is 3.20. The molecule has 7 heteroatoms. The third-order valence-corrected chi connectivity index (χ3v) is 3.20. The van der Waals surface area contributed by atoms with Crippen LogP contribution < -0.4 is 10.6 Å². The molecule has 0 aliphatic heterocycles. The lowest BCUT2D eigenvalue weighted by Gasteiger charge is -2.17. The van der Waals surface area contributed by atoms with Crippen LogP contribution in [-0.2, 0) is 18.3 Å². The predicted octanol–water partition coefficient (Wildman–Crippen LogP) is 1.74. The van der Waals surface area contributed by atoms with Crippen LogP contribution in [0, 0.1) is 13.8 Å². The molecule has 6 nitrogen and oxygen atoms in total. The van der Waals surface area contributed by atoms with Crippen molar-refractivity contribution in [1.29, 1.82) is 0 Å². The molecule has 1 aromatic rings. The van der Waals surface area contributed by atoms with Gasteiger partial charge in [0.15, 0.2) is 5.96 Å². The summed E-state index contributed by atoms with van der Waals surface area (Å²) < 4.78 is 7.03. The molecule has 1 unspecified atom stereocenters. The Hall–Kier alpha value is -0.830. The summed E-state index contributed by atoms with van der Waals surface area (Å²) in [5, 5.41) is 11.0. The van der Waals surface area contributed by atoms with Crippen molar-refractivity contribution in [1.82, 2.24) is 20.4 Å². The van der Waals surface area contributed by atoms with Crippen LogP contribution in [0.4, 0.5) is 0 Å². The minimum Gasteiger partial charge on any atom is -0.383 e. The number of nitrogens with zero attached hydrogens (tertiary/aromatic N) is 3. The second-order valence-corrected chi connectivity index (χ2v) is 4.97. The molecule has 122 valence electrons. The van der Waals surface area contributed by atoms with Crippen LogP contribution >= 0.6 is 24.0 Å². The lowest BCUT2D eigenvalue weighted by atomic mass is 10.2. The maximum atomic E-state index is 5.13. The van der Waals surface area contributed by atoms with Crippen molar-refractivity contribution >= 4 is 29.9 Å². The van der Waals surface area contributed by atoms with Gasteiger partial charge in [0.2, 0.25) is 0 Å². The second kappa shape index (κ2) is 9.99. The Bertz CT molecular complexity index is 458. The smallest absolute Gasteiger partial charge is 0.191 e. The van der Waals surface area contributed by atoms with Gasteiger partial charge in [-0.05, 0) is 27.7 Å². The van der Waals surface area contributed by atoms with E-state index >= 15 is 0 Å². The number of hydrogen-bond donors (Lipinski definition) is 2. The molecule has 0 aromatic carbocycles. The van der Waals surface area contributed by atoms with Crippen molar-refractivity contribution in [2.75, 3.05) is 20.3 Å². The zero-order valence-electron chi connectivity index (χ0n) is 13.9. The summed E-state index contributed by atoms with van der Waals surface area (Å²) in [7, 11) is 3.66. The lowest BCUT2D eigenvalue weighted by molar-refractivity contribution is 0.179. The van der Waals surface area contributed by atoms with Gasteiger partial charge in [-0.3, -0.25) is 4.68 Å². The quantitative estimate of drug-likeness (QED) is 0.427. The molecule has 21 heavy (non-hydrogen) atoms. The van der Waals surface area contributed by atoms with E-state index in [1.54, 1.807) is 7.11 Å². The Kier molecular flexibility index (Phi) is 9.60. The molecule has 0 aliphatic rings. The molecule has 1 heterocycles. The van der Waals surface area contributed by atoms with Gasteiger partial charge in [-0.1, -0.05) is 0 Å². The monoisotopic (exact) mass is 409 g/mol. The van der Waals surface area contributed by atoms with Crippen LogP contribution in [0.25, 0.3) is 0 Å². The number of nitrogens with one attached hydrogen (secondary N) is 2. The molecular weight excluding hydrogens is 381 g/mol. The van der Waals surface area contributed by atoms with Gasteiger partial charge in [-0.25, -0.2) is 4.99 Å². The predicted molar refractivity (Wildman–Crippen MR) is 97.4 cm³/mol. The van der Waals surface area contributed by atoms with E-state index < -0.39 is 0 Å². The van der Waals surface area contributed by atoms with E-state index in [1.165, 1.54) is 5.56 Å². The van der Waals surface area contributed by atoms with Gasteiger partial charge in [0, 0.05) is 38.0 Å². The molecule has 0 radical (unpaired) electrons. The molecule has 0 amide bonds. The highest BCUT2D eigenvalue weighted by molar-refractivity contribution is 14.0. The summed E-state index contributed by atoms with van der Waals surface area (Å²) in [6, 6.07) is 0.217. The number of aromatic nitrogens is 2. The third kappa shape index (κ3) is 6.21. The average Bonchev–Trinajstić information content (AvgIpc) is 2.61. The largest absolute Gasteiger partial charge is 0.383 e. The van der Waals surface area contributed by atoms with Gasteiger partial charge < -0.3 is 15.4 Å². The zero-order valence-corrected chi connectivity index (χ0v) is 16.2. The second-order valence-electron chi connectivity index (χ2n) is 4.97. The van der Waals surface area contributed by atoms with E-state index in [0.717, 1.165) is 23.9 Å². The SMILES string of the molecule is CCNC(=NCc1c(C)nn(C)c1C)NC(C)COC.I. The first-order valence-corrected chi connectivity index (χ1v) is 7.02. The molecule has 1 aromatic heterocycles. The number of aryl methyl sites for hydroxylation is 2. The highest BCUT2D eigenvalue weighted by Gasteiger charge is 2.09. The van der Waals surface area contributed by atoms with E-state index in [-0.39, 0.29) is 30.0 Å². The van der Waals surface area contributed by atoms with E-state index in [4.69, 9.17) is 4.74 Å². The van der Waals surface area contributed by atoms with Crippen molar-refractivity contribution in [2.45, 2.75) is 40.3 Å². The molecule has 0 fully saturated rings. The minimum absolute atomic E-state index is 0. The number of rotatable bonds is 6. The van der Waals surface area contributed by atoms with Crippen LogP contribution in [0.1, 0.15) is 30.8 Å². The number of methoxy groups -OCH3 is 1. The Morgan fingerprint density at radius 1 is 1.43 bits per heavy atom. The first-order chi connectivity index (χ1) is 9.49. The highest BCUT2D eigenvalue weighted by atomic mass is 127. The van der Waals surface area contributed by atoms with Gasteiger partial charge in [-0.15, -0.1) is 24.0 Å². The summed E-state index contributed by atoms with van der Waals surface area (Å²) in [6.07, 6.45) is 0. The maximum Gasteiger partial charge on any atom is 0.191 e. The van der Waals surface area contributed by atoms with E-state index in [0.29, 0.717) is 13.2 Å². The summed E-state index contributed by atoms with van der Waals surface area (Å²) in [5.41, 5.74) is 3.38. The molecule has 1 rings (SSSR count). The van der Waals surface area contributed by atoms with E-state index in [9.17, 15) is 0 Å². The van der Waals surface area contributed by atoms with Crippen molar-refractivity contribution in [3.8, 4) is 0 Å². The fraction of sp³-hybridized carbons (Fsp3) is 0.714. The van der Waals surface area contributed by atoms with Crippen LogP contribution in [0.2, 0.25) is 0 Å². The molecular formula is C14H28IN5O. The topological polar surface area (TPSA) is 63.5 Å². The van der Waals surface area contributed by atoms with Crippen LogP contribution in [0.3, 0.4) is 0 Å². The Labute approximate surface area is 144 Å². The Balaban J connectivity index is 0.00000400. The van der Waals surface area contributed by atoms with Gasteiger partial charge in [-0.2, -0.15) is 5.10 Å². The van der Waals surface area contributed by atoms with E-state index in [1.807, 2.05) is 18.7 Å². The highest BCUT2D eigenvalue weighted by Crippen LogP contribution is 2.12. The summed E-state index contributed by atoms with van der Waals surface area (Å²) in [6.45, 7) is 10.3. The summed E-state index contributed by atoms with van der Waals surface area (Å²) in [4.78, 5) is 4.63. The summed E-state index contributed by atoms with van der Waals surface area (Å²) in [5.74, 6) is 0.805. The van der Waals surface area contributed by atoms with Gasteiger partial charge >= 0.3 is 0 Å². The fourth-order valence-electron chi connectivity index (χ4n) is 2.05. The normalized spacial score (nSPS) is 12.8. The van der Waals surface area contributed by atoms with Gasteiger partial charge in [0.25, 0.3) is 0 Å². The molecule has 0 spiro atoms. The molecule has 0 bridgehead atoms. The molecule has 1 atom stereocenters. The summed E-state index contributed by atoms with van der Waals surface area (Å²) >= 11 is 0. The molecule has 0 aliphatic carbocycles. The maximum absolute atomic E-state index is 5.13. The number of hydrogen-bond acceptors (Lipinski definition) is 3. The zero-order chi connectivity index (χ0) is 15.1. The molecule has 0 saturated carbocycles. The molecule has 0 saturated heterocycles. The van der Waals surface area contributed by atoms with Crippen molar-refractivity contribution < 1.29 is 4.74 Å². The van der Waals surface area contributed by atoms with Crippen LogP contribution in [0.5, 0.6) is 0 Å². The average molecular weight is 409 g/mol. The Morgan fingerprint density at radius 3 is 2.57 bits per heavy atom. The van der Waals surface area contributed by atoms with Crippen molar-refractivity contribution in [3.05, 3.63) is 17.0 Å². The van der Waals surface area contributed by atoms with E-state index in [2.05, 4.69) is 41.5 Å². The van der Waals surface area contributed by atoms with Crippen molar-refractivity contribution in [2.24, 2.45) is 12.0 Å². The fourth-order valence-corrected chi connectivity index (χ4v) is 2.05. The van der Waals surface area contributed by atoms with Crippen molar-refractivity contribution in [3.63, 3.8) is 0 Å². The van der Waals surface area contributed by atoms with Crippen LogP contribution in [0.15, 0.2) is 4.99 Å². The van der Waals surface area contributed by atoms with Gasteiger partial charge in [0.05, 0.1) is 18.8 Å². The number of guanidine groups is 1. The Morgan fingerprint density at radius 2 is 2.10 bits per heavy atom. The molecule has 2 N–H and O–H groups in total. The first kappa shape index (κ1) is 20.2. The number of halogens is 1. The lowest BCUT2D eigenvalue weighted by Crippen LogP contribution is -2.43. The standard InChI is InChI=1S/C14H27N5O.HI/c1-7-15-14(17-10(2)9-20-6)16-8-13-11(3)18-19(5)12(13)4;/h10H,7-9H2,1-6H3,(H2,15,16,17);1H. The minimum atomic E-state index is 0. The van der Waals surface area contributed by atoms with Crippen LogP contribution in [-0.4, -0.2) is 42.0 Å². The first-order valence-electron chi connectivity index (χ1n) is 7.02. The number of ether oxygens (including phenoxy) is 1. The van der Waals surface area contributed by atoms with Gasteiger partial charge in [0.1, 0.15) is 0 Å².